The summed E-state index contributed by atoms with van der Waals surface area (Å²) in [7, 11) is 0. The first-order valence-corrected chi connectivity index (χ1v) is 8.39. The van der Waals surface area contributed by atoms with Crippen LogP contribution in [-0.2, 0) is 6.54 Å². The first-order valence-electron chi connectivity index (χ1n) is 8.01. The zero-order valence-corrected chi connectivity index (χ0v) is 13.1. The van der Waals surface area contributed by atoms with Crippen LogP contribution in [0.5, 0.6) is 0 Å². The standard InChI is InChI=1S/C16H23ClN4/c17-13-10-14-16(19-11-13)21(9-5-4-8-18)15(20-14)12-6-2-1-3-7-12/h10-12H,1-9,18H2. The Morgan fingerprint density at radius 1 is 1.24 bits per heavy atom. The maximum absolute atomic E-state index is 6.06. The summed E-state index contributed by atoms with van der Waals surface area (Å²) in [6, 6.07) is 1.93. The predicted octanol–water partition coefficient (Wildman–Crippen LogP) is 3.87. The highest BCUT2D eigenvalue weighted by Crippen LogP contribution is 2.34. The van der Waals surface area contributed by atoms with Crippen molar-refractivity contribution in [2.45, 2.75) is 57.4 Å². The van der Waals surface area contributed by atoms with E-state index in [-0.39, 0.29) is 0 Å². The fourth-order valence-electron chi connectivity index (χ4n) is 3.31. The van der Waals surface area contributed by atoms with Gasteiger partial charge in [0.2, 0.25) is 0 Å². The second kappa shape index (κ2) is 6.75. The van der Waals surface area contributed by atoms with Crippen LogP contribution < -0.4 is 5.73 Å². The monoisotopic (exact) mass is 306 g/mol. The summed E-state index contributed by atoms with van der Waals surface area (Å²) in [5.41, 5.74) is 7.52. The largest absolute Gasteiger partial charge is 0.330 e. The quantitative estimate of drug-likeness (QED) is 0.853. The predicted molar refractivity (Wildman–Crippen MR) is 86.7 cm³/mol. The van der Waals surface area contributed by atoms with Gasteiger partial charge in [-0.1, -0.05) is 30.9 Å². The van der Waals surface area contributed by atoms with E-state index in [4.69, 9.17) is 22.3 Å². The van der Waals surface area contributed by atoms with Crippen LogP contribution in [0.4, 0.5) is 0 Å². The number of fused-ring (bicyclic) bond motifs is 1. The van der Waals surface area contributed by atoms with Crippen molar-refractivity contribution in [1.82, 2.24) is 14.5 Å². The molecule has 0 atom stereocenters. The number of imidazole rings is 1. The second-order valence-electron chi connectivity index (χ2n) is 5.95. The SMILES string of the molecule is NCCCCn1c(C2CCCCC2)nc2cc(Cl)cnc21. The Morgan fingerprint density at radius 2 is 2.05 bits per heavy atom. The summed E-state index contributed by atoms with van der Waals surface area (Å²) < 4.78 is 2.30. The Balaban J connectivity index is 1.97. The molecule has 0 aliphatic heterocycles. The van der Waals surface area contributed by atoms with E-state index in [9.17, 15) is 0 Å². The normalized spacial score (nSPS) is 16.7. The summed E-state index contributed by atoms with van der Waals surface area (Å²) >= 11 is 6.06. The van der Waals surface area contributed by atoms with E-state index < -0.39 is 0 Å². The third-order valence-electron chi connectivity index (χ3n) is 4.39. The molecule has 2 heterocycles. The molecule has 0 aromatic carbocycles. The molecule has 0 unspecified atom stereocenters. The molecule has 5 heteroatoms. The molecule has 21 heavy (non-hydrogen) atoms. The minimum atomic E-state index is 0.574. The van der Waals surface area contributed by atoms with Gasteiger partial charge in [-0.05, 0) is 38.3 Å². The Kier molecular flexibility index (Phi) is 4.76. The number of aryl methyl sites for hydroxylation is 1. The van der Waals surface area contributed by atoms with Gasteiger partial charge in [0.25, 0.3) is 0 Å². The van der Waals surface area contributed by atoms with Gasteiger partial charge in [-0.25, -0.2) is 9.97 Å². The maximum atomic E-state index is 6.06. The lowest BCUT2D eigenvalue weighted by atomic mass is 9.88. The lowest BCUT2D eigenvalue weighted by Gasteiger charge is -2.22. The number of nitrogens with zero attached hydrogens (tertiary/aromatic N) is 3. The first-order chi connectivity index (χ1) is 10.3. The molecule has 2 aromatic heterocycles. The average Bonchev–Trinajstić information content (AvgIpc) is 2.86. The van der Waals surface area contributed by atoms with Crippen molar-refractivity contribution >= 4 is 22.8 Å². The molecule has 3 rings (SSSR count). The van der Waals surface area contributed by atoms with Crippen LogP contribution in [0.15, 0.2) is 12.3 Å². The Bertz CT molecular complexity index is 602. The van der Waals surface area contributed by atoms with Crippen LogP contribution in [0.25, 0.3) is 11.2 Å². The van der Waals surface area contributed by atoms with E-state index in [1.54, 1.807) is 6.20 Å². The smallest absolute Gasteiger partial charge is 0.160 e. The van der Waals surface area contributed by atoms with Gasteiger partial charge in [-0.15, -0.1) is 0 Å². The van der Waals surface area contributed by atoms with Gasteiger partial charge < -0.3 is 10.3 Å². The molecule has 2 N–H and O–H groups in total. The summed E-state index contributed by atoms with van der Waals surface area (Å²) in [6.07, 6.45) is 10.3. The molecule has 1 fully saturated rings. The van der Waals surface area contributed by atoms with E-state index >= 15 is 0 Å². The molecule has 2 aromatic rings. The molecule has 0 saturated heterocycles. The molecular weight excluding hydrogens is 284 g/mol. The minimum Gasteiger partial charge on any atom is -0.330 e. The van der Waals surface area contributed by atoms with E-state index in [0.29, 0.717) is 10.9 Å². The van der Waals surface area contributed by atoms with Crippen molar-refractivity contribution in [3.8, 4) is 0 Å². The van der Waals surface area contributed by atoms with Crippen LogP contribution in [0.2, 0.25) is 5.02 Å². The van der Waals surface area contributed by atoms with Gasteiger partial charge in [-0.3, -0.25) is 0 Å². The molecule has 0 amide bonds. The number of halogens is 1. The number of pyridine rings is 1. The highest BCUT2D eigenvalue weighted by atomic mass is 35.5. The summed E-state index contributed by atoms with van der Waals surface area (Å²) in [5.74, 6) is 1.78. The summed E-state index contributed by atoms with van der Waals surface area (Å²) in [5, 5.41) is 0.657. The molecule has 114 valence electrons. The highest BCUT2D eigenvalue weighted by molar-refractivity contribution is 6.31. The average molecular weight is 307 g/mol. The van der Waals surface area contributed by atoms with Crippen molar-refractivity contribution in [3.63, 3.8) is 0 Å². The number of hydrogen-bond donors (Lipinski definition) is 1. The van der Waals surface area contributed by atoms with Gasteiger partial charge in [0, 0.05) is 18.7 Å². The molecular formula is C16H23ClN4. The van der Waals surface area contributed by atoms with Crippen molar-refractivity contribution in [2.24, 2.45) is 5.73 Å². The Hall–Kier alpha value is -1.13. The van der Waals surface area contributed by atoms with Crippen LogP contribution in [0, 0.1) is 0 Å². The van der Waals surface area contributed by atoms with Crippen LogP contribution in [0.1, 0.15) is 56.7 Å². The lowest BCUT2D eigenvalue weighted by Crippen LogP contribution is -2.13. The third-order valence-corrected chi connectivity index (χ3v) is 4.59. The molecule has 1 aliphatic carbocycles. The van der Waals surface area contributed by atoms with E-state index in [2.05, 4.69) is 9.55 Å². The topological polar surface area (TPSA) is 56.7 Å². The number of rotatable bonds is 5. The summed E-state index contributed by atoms with van der Waals surface area (Å²) in [6.45, 7) is 1.69. The van der Waals surface area contributed by atoms with Gasteiger partial charge >= 0.3 is 0 Å². The Morgan fingerprint density at radius 3 is 2.81 bits per heavy atom. The van der Waals surface area contributed by atoms with Gasteiger partial charge in [0.15, 0.2) is 5.65 Å². The molecule has 0 radical (unpaired) electrons. The van der Waals surface area contributed by atoms with Gasteiger partial charge in [0.05, 0.1) is 5.02 Å². The first kappa shape index (κ1) is 14.8. The number of unbranched alkanes of at least 4 members (excludes halogenated alkanes) is 1. The van der Waals surface area contributed by atoms with Gasteiger partial charge in [0.1, 0.15) is 11.3 Å². The zero-order valence-electron chi connectivity index (χ0n) is 12.4. The molecule has 1 aliphatic rings. The minimum absolute atomic E-state index is 0.574. The lowest BCUT2D eigenvalue weighted by molar-refractivity contribution is 0.414. The van der Waals surface area contributed by atoms with Crippen LogP contribution in [0.3, 0.4) is 0 Å². The fraction of sp³-hybridized carbons (Fsp3) is 0.625. The van der Waals surface area contributed by atoms with Crippen molar-refractivity contribution in [1.29, 1.82) is 0 Å². The van der Waals surface area contributed by atoms with E-state index in [1.165, 1.54) is 37.9 Å². The van der Waals surface area contributed by atoms with Crippen LogP contribution in [-0.4, -0.2) is 21.1 Å². The van der Waals surface area contributed by atoms with Crippen molar-refractivity contribution in [3.05, 3.63) is 23.1 Å². The highest BCUT2D eigenvalue weighted by Gasteiger charge is 2.22. The second-order valence-corrected chi connectivity index (χ2v) is 6.39. The van der Waals surface area contributed by atoms with Crippen molar-refractivity contribution in [2.75, 3.05) is 6.54 Å². The molecule has 4 nitrogen and oxygen atoms in total. The number of hydrogen-bond acceptors (Lipinski definition) is 3. The van der Waals surface area contributed by atoms with Gasteiger partial charge in [-0.2, -0.15) is 0 Å². The van der Waals surface area contributed by atoms with E-state index in [0.717, 1.165) is 37.1 Å². The zero-order chi connectivity index (χ0) is 14.7. The number of nitrogens with two attached hydrogens (primary N) is 1. The van der Waals surface area contributed by atoms with Crippen molar-refractivity contribution < 1.29 is 0 Å². The van der Waals surface area contributed by atoms with E-state index in [1.807, 2.05) is 6.07 Å². The Labute approximate surface area is 130 Å². The molecule has 0 spiro atoms. The molecule has 1 saturated carbocycles. The third kappa shape index (κ3) is 3.22. The number of aromatic nitrogens is 3. The summed E-state index contributed by atoms with van der Waals surface area (Å²) in [4.78, 5) is 9.37. The fourth-order valence-corrected chi connectivity index (χ4v) is 3.46. The van der Waals surface area contributed by atoms with Crippen LogP contribution >= 0.6 is 11.6 Å². The maximum Gasteiger partial charge on any atom is 0.160 e. The molecule has 0 bridgehead atoms.